The Morgan fingerprint density at radius 2 is 1.79 bits per heavy atom. The van der Waals surface area contributed by atoms with Crippen LogP contribution in [-0.4, -0.2) is 35.0 Å². The molecule has 0 aromatic rings. The van der Waals surface area contributed by atoms with Gasteiger partial charge in [0.05, 0.1) is 12.6 Å². The molecule has 1 aliphatic heterocycles. The van der Waals surface area contributed by atoms with E-state index < -0.39 is 0 Å². The van der Waals surface area contributed by atoms with Gasteiger partial charge in [-0.15, -0.1) is 0 Å². The Bertz CT molecular complexity index is 205. The molecule has 0 amide bonds. The maximum absolute atomic E-state index is 8.69. The lowest BCUT2D eigenvalue weighted by atomic mass is 9.80. The van der Waals surface area contributed by atoms with Crippen molar-refractivity contribution in [2.24, 2.45) is 4.99 Å². The fraction of sp³-hybridized carbons (Fsp3) is 0.909. The first kappa shape index (κ1) is 11.7. The maximum Gasteiger partial charge on any atom is 0.0779 e. The van der Waals surface area contributed by atoms with Crippen LogP contribution < -0.4 is 5.32 Å². The van der Waals surface area contributed by atoms with E-state index in [-0.39, 0.29) is 17.7 Å². The molecule has 1 fully saturated rings. The molecule has 1 rings (SSSR count). The van der Waals surface area contributed by atoms with Crippen molar-refractivity contribution in [3.63, 3.8) is 0 Å². The van der Waals surface area contributed by atoms with Crippen molar-refractivity contribution >= 4 is 6.21 Å². The number of nitrogens with one attached hydrogen (secondary N) is 1. The number of rotatable bonds is 2. The van der Waals surface area contributed by atoms with Crippen molar-refractivity contribution in [2.45, 2.75) is 57.7 Å². The molecule has 3 heteroatoms. The normalized spacial score (nSPS) is 26.9. The van der Waals surface area contributed by atoms with Gasteiger partial charge in [-0.1, -0.05) is 0 Å². The number of aliphatic hydroxyl groups excluding tert-OH is 1. The summed E-state index contributed by atoms with van der Waals surface area (Å²) < 4.78 is 0. The predicted octanol–water partition coefficient (Wildman–Crippen LogP) is 1.36. The zero-order valence-corrected chi connectivity index (χ0v) is 9.67. The smallest absolute Gasteiger partial charge is 0.0779 e. The standard InChI is InChI=1S/C11H22N2O/c1-10(2)7-9(12-5-6-14)8-11(3,4)13-10/h5,9,13-14H,6-8H2,1-4H3. The average Bonchev–Trinajstić information content (AvgIpc) is 1.94. The number of piperidine rings is 1. The number of nitrogens with zero attached hydrogens (tertiary/aromatic N) is 1. The van der Waals surface area contributed by atoms with Crippen molar-refractivity contribution in [3.8, 4) is 0 Å². The molecule has 14 heavy (non-hydrogen) atoms. The molecular weight excluding hydrogens is 176 g/mol. The zero-order valence-electron chi connectivity index (χ0n) is 9.67. The molecule has 0 unspecified atom stereocenters. The van der Waals surface area contributed by atoms with E-state index in [0.29, 0.717) is 6.04 Å². The van der Waals surface area contributed by atoms with Crippen LogP contribution in [0.15, 0.2) is 4.99 Å². The molecule has 82 valence electrons. The lowest BCUT2D eigenvalue weighted by Crippen LogP contribution is -2.58. The Balaban J connectivity index is 2.66. The van der Waals surface area contributed by atoms with Crippen LogP contribution in [0, 0.1) is 0 Å². The summed E-state index contributed by atoms with van der Waals surface area (Å²) in [4.78, 5) is 4.38. The van der Waals surface area contributed by atoms with Gasteiger partial charge >= 0.3 is 0 Å². The highest BCUT2D eigenvalue weighted by Gasteiger charge is 2.37. The molecule has 1 heterocycles. The van der Waals surface area contributed by atoms with E-state index in [1.807, 2.05) is 0 Å². The molecule has 3 nitrogen and oxygen atoms in total. The van der Waals surface area contributed by atoms with Crippen molar-refractivity contribution < 1.29 is 5.11 Å². The summed E-state index contributed by atoms with van der Waals surface area (Å²) in [5.74, 6) is 0. The molecule has 0 aliphatic carbocycles. The van der Waals surface area contributed by atoms with Gasteiger partial charge in [-0.25, -0.2) is 0 Å². The number of hydrogen-bond acceptors (Lipinski definition) is 3. The fourth-order valence-corrected chi connectivity index (χ4v) is 2.57. The van der Waals surface area contributed by atoms with Crippen LogP contribution in [0.2, 0.25) is 0 Å². The highest BCUT2D eigenvalue weighted by molar-refractivity contribution is 5.58. The second-order valence-electron chi connectivity index (χ2n) is 5.47. The molecule has 0 bridgehead atoms. The molecule has 0 spiro atoms. The summed E-state index contributed by atoms with van der Waals surface area (Å²) in [7, 11) is 0. The summed E-state index contributed by atoms with van der Waals surface area (Å²) >= 11 is 0. The Hall–Kier alpha value is -0.410. The van der Waals surface area contributed by atoms with E-state index in [1.54, 1.807) is 6.21 Å². The van der Waals surface area contributed by atoms with Crippen molar-refractivity contribution in [1.29, 1.82) is 0 Å². The summed E-state index contributed by atoms with van der Waals surface area (Å²) in [5.41, 5.74) is 0.276. The summed E-state index contributed by atoms with van der Waals surface area (Å²) in [5, 5.41) is 12.3. The van der Waals surface area contributed by atoms with Crippen LogP contribution in [-0.2, 0) is 0 Å². The molecule has 2 N–H and O–H groups in total. The second kappa shape index (κ2) is 3.99. The van der Waals surface area contributed by atoms with Crippen molar-refractivity contribution in [2.75, 3.05) is 6.61 Å². The Morgan fingerprint density at radius 1 is 1.29 bits per heavy atom. The first-order valence-electron chi connectivity index (χ1n) is 5.26. The molecule has 0 atom stereocenters. The highest BCUT2D eigenvalue weighted by atomic mass is 16.2. The lowest BCUT2D eigenvalue weighted by molar-refractivity contribution is 0.164. The van der Waals surface area contributed by atoms with Gasteiger partial charge in [0.1, 0.15) is 0 Å². The summed E-state index contributed by atoms with van der Waals surface area (Å²) in [6, 6.07) is 0.341. The predicted molar refractivity (Wildman–Crippen MR) is 59.9 cm³/mol. The van der Waals surface area contributed by atoms with Gasteiger partial charge < -0.3 is 10.4 Å². The Labute approximate surface area is 86.6 Å². The molecular formula is C11H22N2O. The van der Waals surface area contributed by atoms with E-state index in [4.69, 9.17) is 5.11 Å². The number of aliphatic imine (C=N–C) groups is 1. The largest absolute Gasteiger partial charge is 0.391 e. The van der Waals surface area contributed by atoms with Gasteiger partial charge in [0.2, 0.25) is 0 Å². The second-order valence-corrected chi connectivity index (χ2v) is 5.47. The topological polar surface area (TPSA) is 44.6 Å². The van der Waals surface area contributed by atoms with Crippen LogP contribution in [0.4, 0.5) is 0 Å². The lowest BCUT2D eigenvalue weighted by Gasteiger charge is -2.45. The van der Waals surface area contributed by atoms with Gasteiger partial charge in [-0.05, 0) is 40.5 Å². The van der Waals surface area contributed by atoms with Crippen molar-refractivity contribution in [3.05, 3.63) is 0 Å². The van der Waals surface area contributed by atoms with Crippen LogP contribution in [0.5, 0.6) is 0 Å². The SMILES string of the molecule is CC1(C)CC(N=CCO)CC(C)(C)N1. The van der Waals surface area contributed by atoms with Crippen LogP contribution in [0.3, 0.4) is 0 Å². The third-order valence-electron chi connectivity index (χ3n) is 2.57. The molecule has 0 aromatic heterocycles. The van der Waals surface area contributed by atoms with E-state index in [9.17, 15) is 0 Å². The summed E-state index contributed by atoms with van der Waals surface area (Å²) in [6.45, 7) is 8.86. The minimum Gasteiger partial charge on any atom is -0.391 e. The van der Waals surface area contributed by atoms with E-state index in [2.05, 4.69) is 38.0 Å². The maximum atomic E-state index is 8.69. The van der Waals surface area contributed by atoms with E-state index in [1.165, 1.54) is 0 Å². The van der Waals surface area contributed by atoms with E-state index in [0.717, 1.165) is 12.8 Å². The van der Waals surface area contributed by atoms with Gasteiger partial charge in [0.25, 0.3) is 0 Å². The summed E-state index contributed by atoms with van der Waals surface area (Å²) in [6.07, 6.45) is 3.68. The van der Waals surface area contributed by atoms with Crippen LogP contribution in [0.25, 0.3) is 0 Å². The minimum absolute atomic E-state index is 0.0464. The first-order chi connectivity index (χ1) is 6.35. The minimum atomic E-state index is 0.0464. The Kier molecular flexibility index (Phi) is 3.32. The number of aliphatic hydroxyl groups is 1. The monoisotopic (exact) mass is 198 g/mol. The quantitative estimate of drug-likeness (QED) is 0.658. The van der Waals surface area contributed by atoms with Crippen LogP contribution in [0.1, 0.15) is 40.5 Å². The van der Waals surface area contributed by atoms with Gasteiger partial charge in [-0.3, -0.25) is 4.99 Å². The van der Waals surface area contributed by atoms with Crippen LogP contribution >= 0.6 is 0 Å². The molecule has 0 aromatic carbocycles. The fourth-order valence-electron chi connectivity index (χ4n) is 2.57. The van der Waals surface area contributed by atoms with Crippen molar-refractivity contribution in [1.82, 2.24) is 5.32 Å². The third kappa shape index (κ3) is 3.39. The van der Waals surface area contributed by atoms with Gasteiger partial charge in [0.15, 0.2) is 0 Å². The van der Waals surface area contributed by atoms with Gasteiger partial charge in [0, 0.05) is 17.3 Å². The average molecular weight is 198 g/mol. The van der Waals surface area contributed by atoms with E-state index >= 15 is 0 Å². The molecule has 0 radical (unpaired) electrons. The number of hydrogen-bond donors (Lipinski definition) is 2. The third-order valence-corrected chi connectivity index (χ3v) is 2.57. The molecule has 1 saturated heterocycles. The molecule has 0 saturated carbocycles. The van der Waals surface area contributed by atoms with Gasteiger partial charge in [-0.2, -0.15) is 0 Å². The highest BCUT2D eigenvalue weighted by Crippen LogP contribution is 2.29. The zero-order chi connectivity index (χ0) is 10.8. The molecule has 1 aliphatic rings. The Morgan fingerprint density at radius 3 is 2.21 bits per heavy atom. The first-order valence-corrected chi connectivity index (χ1v) is 5.26.